The van der Waals surface area contributed by atoms with Crippen molar-refractivity contribution in [3.8, 4) is 5.69 Å². The van der Waals surface area contributed by atoms with Crippen LogP contribution in [0.15, 0.2) is 54.7 Å². The largest absolute Gasteiger partial charge is 0.314 e. The molecule has 2 aliphatic heterocycles. The fourth-order valence-electron chi connectivity index (χ4n) is 4.14. The quantitative estimate of drug-likeness (QED) is 0.724. The molecule has 0 fully saturated rings. The number of carbonyl (C=O) groups excluding carboxylic acids is 2. The molecule has 0 saturated heterocycles. The Morgan fingerprint density at radius 1 is 1.07 bits per heavy atom. The molecule has 7 heteroatoms. The van der Waals surface area contributed by atoms with Crippen LogP contribution in [-0.4, -0.2) is 28.6 Å². The Labute approximate surface area is 154 Å². The molecule has 2 aromatic carbocycles. The number of carbonyl (C=O) groups is 2. The molecular weight excluding hydrogens is 347 g/mol. The van der Waals surface area contributed by atoms with E-state index in [0.29, 0.717) is 17.1 Å². The van der Waals surface area contributed by atoms with Crippen molar-refractivity contribution in [3.63, 3.8) is 0 Å². The van der Waals surface area contributed by atoms with Crippen LogP contribution >= 0.6 is 0 Å². The first-order valence-electron chi connectivity index (χ1n) is 8.54. The summed E-state index contributed by atoms with van der Waals surface area (Å²) < 4.78 is 14.8. The number of likely N-dealkylation sites (N-methyl/N-ethyl adjacent to an activating group) is 1. The van der Waals surface area contributed by atoms with Crippen LogP contribution in [0.5, 0.6) is 0 Å². The SMILES string of the molecule is CN1C(=O)[C@@]2(CC(=O)Nc3c2cnn3-c2ccc(F)cc2)c2ccccc21. The third-order valence-corrected chi connectivity index (χ3v) is 5.38. The van der Waals surface area contributed by atoms with Crippen LogP contribution in [-0.2, 0) is 15.0 Å². The first-order chi connectivity index (χ1) is 13.0. The highest BCUT2D eigenvalue weighted by molar-refractivity contribution is 6.15. The molecule has 2 aliphatic rings. The number of fused-ring (bicyclic) bond motifs is 4. The van der Waals surface area contributed by atoms with Crippen molar-refractivity contribution in [2.24, 2.45) is 0 Å². The molecular formula is C20H15FN4O2. The van der Waals surface area contributed by atoms with Crippen molar-refractivity contribution in [1.29, 1.82) is 0 Å². The van der Waals surface area contributed by atoms with E-state index < -0.39 is 5.41 Å². The number of anilines is 2. The number of amides is 2. The van der Waals surface area contributed by atoms with Gasteiger partial charge in [0.05, 0.1) is 11.9 Å². The highest BCUT2D eigenvalue weighted by Gasteiger charge is 2.56. The van der Waals surface area contributed by atoms with E-state index in [4.69, 9.17) is 0 Å². The number of hydrogen-bond donors (Lipinski definition) is 1. The lowest BCUT2D eigenvalue weighted by Gasteiger charge is -2.32. The smallest absolute Gasteiger partial charge is 0.242 e. The summed E-state index contributed by atoms with van der Waals surface area (Å²) in [7, 11) is 1.71. The summed E-state index contributed by atoms with van der Waals surface area (Å²) in [4.78, 5) is 27.5. The van der Waals surface area contributed by atoms with Gasteiger partial charge in [0, 0.05) is 24.7 Å². The van der Waals surface area contributed by atoms with E-state index in [1.807, 2.05) is 24.3 Å². The second-order valence-corrected chi connectivity index (χ2v) is 6.81. The lowest BCUT2D eigenvalue weighted by Crippen LogP contribution is -2.45. The third-order valence-electron chi connectivity index (χ3n) is 5.38. The Bertz CT molecular complexity index is 1110. The lowest BCUT2D eigenvalue weighted by atomic mass is 9.72. The number of rotatable bonds is 1. The van der Waals surface area contributed by atoms with Crippen molar-refractivity contribution in [2.75, 3.05) is 17.3 Å². The lowest BCUT2D eigenvalue weighted by molar-refractivity contribution is -0.126. The van der Waals surface area contributed by atoms with Gasteiger partial charge in [-0.2, -0.15) is 5.10 Å². The van der Waals surface area contributed by atoms with Crippen LogP contribution in [0.2, 0.25) is 0 Å². The van der Waals surface area contributed by atoms with Gasteiger partial charge in [-0.15, -0.1) is 0 Å². The van der Waals surface area contributed by atoms with Gasteiger partial charge in [-0.1, -0.05) is 18.2 Å². The molecule has 1 N–H and O–H groups in total. The molecule has 0 bridgehead atoms. The van der Waals surface area contributed by atoms with Gasteiger partial charge in [0.1, 0.15) is 17.1 Å². The van der Waals surface area contributed by atoms with Crippen LogP contribution < -0.4 is 10.2 Å². The van der Waals surface area contributed by atoms with Crippen molar-refractivity contribution in [1.82, 2.24) is 9.78 Å². The van der Waals surface area contributed by atoms with E-state index in [1.54, 1.807) is 30.3 Å². The maximum Gasteiger partial charge on any atom is 0.242 e. The van der Waals surface area contributed by atoms with Gasteiger partial charge in [-0.3, -0.25) is 9.59 Å². The molecule has 2 amide bonds. The molecule has 0 unspecified atom stereocenters. The van der Waals surface area contributed by atoms with Crippen molar-refractivity contribution in [2.45, 2.75) is 11.8 Å². The Balaban J connectivity index is 1.77. The van der Waals surface area contributed by atoms with E-state index >= 15 is 0 Å². The minimum absolute atomic E-state index is 0.0231. The molecule has 1 aromatic heterocycles. The number of nitrogens with one attached hydrogen (secondary N) is 1. The van der Waals surface area contributed by atoms with Crippen molar-refractivity contribution < 1.29 is 14.0 Å². The second-order valence-electron chi connectivity index (χ2n) is 6.81. The number of para-hydroxylation sites is 1. The second kappa shape index (κ2) is 5.26. The maximum absolute atomic E-state index is 13.3. The zero-order valence-electron chi connectivity index (χ0n) is 14.4. The minimum atomic E-state index is -1.10. The summed E-state index contributed by atoms with van der Waals surface area (Å²) >= 11 is 0. The van der Waals surface area contributed by atoms with Gasteiger partial charge in [0.15, 0.2) is 0 Å². The summed E-state index contributed by atoms with van der Waals surface area (Å²) in [5.74, 6) is -0.332. The van der Waals surface area contributed by atoms with E-state index in [0.717, 1.165) is 11.3 Å². The molecule has 1 atom stereocenters. The predicted octanol–water partition coefficient (Wildman–Crippen LogP) is 2.62. The Kier molecular flexibility index (Phi) is 3.07. The van der Waals surface area contributed by atoms with Gasteiger partial charge in [-0.25, -0.2) is 9.07 Å². The van der Waals surface area contributed by atoms with Crippen molar-refractivity contribution >= 4 is 23.3 Å². The molecule has 0 radical (unpaired) electrons. The van der Waals surface area contributed by atoms with Gasteiger partial charge in [0.2, 0.25) is 11.8 Å². The summed E-state index contributed by atoms with van der Waals surface area (Å²) in [6, 6.07) is 13.3. The highest BCUT2D eigenvalue weighted by atomic mass is 19.1. The van der Waals surface area contributed by atoms with Crippen molar-refractivity contribution in [3.05, 3.63) is 71.7 Å². The van der Waals surface area contributed by atoms with E-state index in [1.165, 1.54) is 16.8 Å². The monoisotopic (exact) mass is 362 g/mol. The summed E-state index contributed by atoms with van der Waals surface area (Å²) in [5.41, 5.74) is 1.74. The molecule has 1 spiro atoms. The summed E-state index contributed by atoms with van der Waals surface area (Å²) in [5, 5.41) is 7.23. The minimum Gasteiger partial charge on any atom is -0.314 e. The van der Waals surface area contributed by atoms with E-state index in [9.17, 15) is 14.0 Å². The molecule has 6 nitrogen and oxygen atoms in total. The molecule has 3 aromatic rings. The van der Waals surface area contributed by atoms with Crippen LogP contribution in [0.25, 0.3) is 5.69 Å². The standard InChI is InChI=1S/C20H15FN4O2/c1-24-16-5-3-2-4-14(16)20(19(24)27)10-17(26)23-18-15(20)11-22-25(18)13-8-6-12(21)7-9-13/h2-9,11H,10H2,1H3,(H,23,26)/t20-/m0/s1. The highest BCUT2D eigenvalue weighted by Crippen LogP contribution is 2.51. The van der Waals surface area contributed by atoms with Crippen LogP contribution in [0, 0.1) is 5.82 Å². The average molecular weight is 362 g/mol. The number of nitrogens with zero attached hydrogens (tertiary/aromatic N) is 3. The summed E-state index contributed by atoms with van der Waals surface area (Å²) in [6.45, 7) is 0. The topological polar surface area (TPSA) is 67.2 Å². The number of aromatic nitrogens is 2. The van der Waals surface area contributed by atoms with Crippen LogP contribution in [0.1, 0.15) is 17.5 Å². The zero-order valence-corrected chi connectivity index (χ0v) is 14.4. The molecule has 0 aliphatic carbocycles. The Morgan fingerprint density at radius 3 is 2.59 bits per heavy atom. The number of halogens is 1. The molecule has 27 heavy (non-hydrogen) atoms. The van der Waals surface area contributed by atoms with E-state index in [2.05, 4.69) is 10.4 Å². The molecule has 134 valence electrons. The van der Waals surface area contributed by atoms with Crippen LogP contribution in [0.3, 0.4) is 0 Å². The van der Waals surface area contributed by atoms with Crippen LogP contribution in [0.4, 0.5) is 15.9 Å². The Hall–Kier alpha value is -3.48. The maximum atomic E-state index is 13.3. The van der Waals surface area contributed by atoms with Gasteiger partial charge in [0.25, 0.3) is 0 Å². The third kappa shape index (κ3) is 1.96. The Morgan fingerprint density at radius 2 is 1.81 bits per heavy atom. The van der Waals surface area contributed by atoms with Gasteiger partial charge in [-0.05, 0) is 35.9 Å². The molecule has 0 saturated carbocycles. The normalized spacial score (nSPS) is 20.6. The fourth-order valence-corrected chi connectivity index (χ4v) is 4.14. The first kappa shape index (κ1) is 15.7. The number of benzene rings is 2. The zero-order chi connectivity index (χ0) is 18.8. The predicted molar refractivity (Wildman–Crippen MR) is 97.4 cm³/mol. The van der Waals surface area contributed by atoms with Gasteiger partial charge < -0.3 is 10.2 Å². The van der Waals surface area contributed by atoms with E-state index in [-0.39, 0.29) is 24.1 Å². The molecule has 3 heterocycles. The summed E-state index contributed by atoms with van der Waals surface area (Å²) in [6.07, 6.45) is 1.64. The molecule has 5 rings (SSSR count). The average Bonchev–Trinajstić information content (AvgIpc) is 3.18. The fraction of sp³-hybridized carbons (Fsp3) is 0.150. The number of hydrogen-bond acceptors (Lipinski definition) is 3. The van der Waals surface area contributed by atoms with Gasteiger partial charge >= 0.3 is 0 Å². The first-order valence-corrected chi connectivity index (χ1v) is 8.54.